The molecule has 0 spiro atoms. The highest BCUT2D eigenvalue weighted by molar-refractivity contribution is 6.35. The highest BCUT2D eigenvalue weighted by Crippen LogP contribution is 2.26. The van der Waals surface area contributed by atoms with Gasteiger partial charge in [0.2, 0.25) is 0 Å². The van der Waals surface area contributed by atoms with E-state index in [9.17, 15) is 4.79 Å². The molecule has 0 aliphatic carbocycles. The molecule has 124 valence electrons. The molecule has 0 saturated carbocycles. The predicted molar refractivity (Wildman–Crippen MR) is 92.6 cm³/mol. The predicted octanol–water partition coefficient (Wildman–Crippen LogP) is 2.03. The average Bonchev–Trinajstić information content (AvgIpc) is 3.25. The first-order valence-electron chi connectivity index (χ1n) is 7.20. The van der Waals surface area contributed by atoms with Crippen LogP contribution < -0.4 is 11.1 Å². The van der Waals surface area contributed by atoms with Crippen molar-refractivity contribution in [2.24, 2.45) is 0 Å². The van der Waals surface area contributed by atoms with Crippen molar-refractivity contribution in [3.05, 3.63) is 53.3 Å². The van der Waals surface area contributed by atoms with E-state index in [2.05, 4.69) is 31.0 Å². The summed E-state index contributed by atoms with van der Waals surface area (Å²) < 4.78 is 1.37. The van der Waals surface area contributed by atoms with Crippen molar-refractivity contribution in [3.8, 4) is 5.69 Å². The Morgan fingerprint density at radius 1 is 1.28 bits per heavy atom. The number of aromatic nitrogens is 6. The Kier molecular flexibility index (Phi) is 3.55. The Morgan fingerprint density at radius 3 is 2.96 bits per heavy atom. The number of tetrazole rings is 1. The molecule has 10 heteroatoms. The van der Waals surface area contributed by atoms with Crippen molar-refractivity contribution in [2.45, 2.75) is 0 Å². The average molecular weight is 355 g/mol. The van der Waals surface area contributed by atoms with Crippen LogP contribution in [0.25, 0.3) is 16.6 Å². The largest absolute Gasteiger partial charge is 0.382 e. The number of hydrogen-bond donors (Lipinski definition) is 3. The lowest BCUT2D eigenvalue weighted by Crippen LogP contribution is -2.16. The summed E-state index contributed by atoms with van der Waals surface area (Å²) in [5.74, 6) is -0.0317. The van der Waals surface area contributed by atoms with Crippen molar-refractivity contribution in [2.75, 3.05) is 11.1 Å². The van der Waals surface area contributed by atoms with Crippen LogP contribution in [0.4, 0.5) is 11.5 Å². The number of halogens is 1. The van der Waals surface area contributed by atoms with Gasteiger partial charge in [0.1, 0.15) is 6.33 Å². The van der Waals surface area contributed by atoms with Crippen LogP contribution in [0.1, 0.15) is 10.4 Å². The summed E-state index contributed by atoms with van der Waals surface area (Å²) >= 11 is 6.23. The quantitative estimate of drug-likeness (QED) is 0.516. The fraction of sp³-hybridized carbons (Fsp3) is 0. The molecule has 2 heterocycles. The molecule has 0 atom stereocenters. The zero-order valence-corrected chi connectivity index (χ0v) is 13.4. The van der Waals surface area contributed by atoms with E-state index in [-0.39, 0.29) is 10.6 Å². The van der Waals surface area contributed by atoms with Crippen LogP contribution in [-0.2, 0) is 0 Å². The second-order valence-corrected chi connectivity index (χ2v) is 5.62. The number of amides is 1. The summed E-state index contributed by atoms with van der Waals surface area (Å²) in [5, 5.41) is 21.5. The molecule has 0 unspecified atom stereocenters. The molecular weight excluding hydrogens is 344 g/mol. The van der Waals surface area contributed by atoms with E-state index >= 15 is 0 Å². The van der Waals surface area contributed by atoms with Gasteiger partial charge in [-0.25, -0.2) is 0 Å². The topological polar surface area (TPSA) is 127 Å². The molecule has 0 fully saturated rings. The second-order valence-electron chi connectivity index (χ2n) is 5.21. The normalized spacial score (nSPS) is 10.9. The van der Waals surface area contributed by atoms with Crippen LogP contribution in [0.3, 0.4) is 0 Å². The van der Waals surface area contributed by atoms with Gasteiger partial charge in [-0.15, -0.1) is 5.10 Å². The summed E-state index contributed by atoms with van der Waals surface area (Å²) in [6, 6.07) is 10.3. The van der Waals surface area contributed by atoms with Crippen molar-refractivity contribution in [3.63, 3.8) is 0 Å². The van der Waals surface area contributed by atoms with Gasteiger partial charge in [-0.1, -0.05) is 17.7 Å². The number of hydrogen-bond acceptors (Lipinski definition) is 6. The molecule has 4 aromatic rings. The molecule has 25 heavy (non-hydrogen) atoms. The fourth-order valence-electron chi connectivity index (χ4n) is 2.51. The number of fused-ring (bicyclic) bond motifs is 1. The third-order valence-electron chi connectivity index (χ3n) is 3.66. The number of carbonyl (C=O) groups excluding carboxylic acids is 1. The van der Waals surface area contributed by atoms with E-state index in [0.29, 0.717) is 17.2 Å². The number of nitrogens with two attached hydrogens (primary N) is 1. The van der Waals surface area contributed by atoms with Crippen molar-refractivity contribution >= 4 is 39.9 Å². The van der Waals surface area contributed by atoms with E-state index in [4.69, 9.17) is 17.3 Å². The van der Waals surface area contributed by atoms with Crippen molar-refractivity contribution in [1.82, 2.24) is 30.4 Å². The number of rotatable bonds is 3. The van der Waals surface area contributed by atoms with E-state index in [1.54, 1.807) is 36.4 Å². The number of H-pyrrole nitrogens is 1. The van der Waals surface area contributed by atoms with E-state index in [0.717, 1.165) is 10.9 Å². The van der Waals surface area contributed by atoms with Gasteiger partial charge >= 0.3 is 0 Å². The van der Waals surface area contributed by atoms with Gasteiger partial charge in [-0.2, -0.15) is 9.78 Å². The maximum atomic E-state index is 12.8. The molecular formula is C15H11ClN8O. The zero-order valence-electron chi connectivity index (χ0n) is 12.6. The summed E-state index contributed by atoms with van der Waals surface area (Å²) in [5.41, 5.74) is 7.87. The zero-order chi connectivity index (χ0) is 17.4. The molecule has 1 amide bonds. The van der Waals surface area contributed by atoms with E-state index in [1.807, 2.05) is 0 Å². The number of benzene rings is 2. The second kappa shape index (κ2) is 5.87. The maximum absolute atomic E-state index is 12.8. The summed E-state index contributed by atoms with van der Waals surface area (Å²) in [7, 11) is 0. The Balaban J connectivity index is 1.72. The SMILES string of the molecule is Nc1n[nH]c2ccc(NC(=O)c3c(Cl)cccc3-n3cnnn3)cc12. The minimum absolute atomic E-state index is 0.261. The number of nitrogens with zero attached hydrogens (tertiary/aromatic N) is 5. The van der Waals surface area contributed by atoms with Gasteiger partial charge in [0, 0.05) is 11.1 Å². The Bertz CT molecular complexity index is 1070. The van der Waals surface area contributed by atoms with Crippen LogP contribution in [0.15, 0.2) is 42.7 Å². The molecule has 2 aromatic heterocycles. The maximum Gasteiger partial charge on any atom is 0.259 e. The number of nitrogens with one attached hydrogen (secondary N) is 2. The van der Waals surface area contributed by atoms with Gasteiger partial charge in [0.15, 0.2) is 5.82 Å². The van der Waals surface area contributed by atoms with Gasteiger partial charge in [0.25, 0.3) is 5.91 Å². The lowest BCUT2D eigenvalue weighted by atomic mass is 10.1. The molecule has 0 bridgehead atoms. The minimum Gasteiger partial charge on any atom is -0.382 e. The van der Waals surface area contributed by atoms with Crippen molar-refractivity contribution < 1.29 is 4.79 Å². The number of anilines is 2. The Morgan fingerprint density at radius 2 is 2.16 bits per heavy atom. The molecule has 0 radical (unpaired) electrons. The minimum atomic E-state index is -0.391. The number of aromatic amines is 1. The highest BCUT2D eigenvalue weighted by atomic mass is 35.5. The van der Waals surface area contributed by atoms with Gasteiger partial charge in [-0.05, 0) is 40.8 Å². The first-order valence-corrected chi connectivity index (χ1v) is 7.58. The van der Waals surface area contributed by atoms with E-state index < -0.39 is 5.91 Å². The van der Waals surface area contributed by atoms with Crippen LogP contribution in [0.2, 0.25) is 5.02 Å². The fourth-order valence-corrected chi connectivity index (χ4v) is 2.76. The molecule has 4 rings (SSSR count). The highest BCUT2D eigenvalue weighted by Gasteiger charge is 2.18. The standard InChI is InChI=1S/C15H11ClN8O/c16-10-2-1-3-12(24-7-18-22-23-24)13(10)15(25)19-8-4-5-11-9(6-8)14(17)21-20-11/h1-7H,(H,19,25)(H3,17,20,21). The smallest absolute Gasteiger partial charge is 0.259 e. The molecule has 9 nitrogen and oxygen atoms in total. The van der Waals surface area contributed by atoms with Gasteiger partial charge in [-0.3, -0.25) is 9.89 Å². The van der Waals surface area contributed by atoms with Gasteiger partial charge < -0.3 is 11.1 Å². The first kappa shape index (κ1) is 15.1. The third-order valence-corrected chi connectivity index (χ3v) is 3.98. The molecule has 0 aliphatic rings. The lowest BCUT2D eigenvalue weighted by molar-refractivity contribution is 0.102. The molecule has 0 aliphatic heterocycles. The van der Waals surface area contributed by atoms with Gasteiger partial charge in [0.05, 0.1) is 21.8 Å². The summed E-state index contributed by atoms with van der Waals surface area (Å²) in [6.07, 6.45) is 1.39. The van der Waals surface area contributed by atoms with Crippen LogP contribution in [0.5, 0.6) is 0 Å². The Labute approximate surface area is 145 Å². The number of carbonyl (C=O) groups is 1. The van der Waals surface area contributed by atoms with Crippen LogP contribution in [0, 0.1) is 0 Å². The first-order chi connectivity index (χ1) is 12.1. The van der Waals surface area contributed by atoms with Crippen LogP contribution in [-0.4, -0.2) is 36.3 Å². The Hall–Kier alpha value is -3.46. The monoisotopic (exact) mass is 354 g/mol. The molecule has 4 N–H and O–H groups in total. The molecule has 0 saturated heterocycles. The van der Waals surface area contributed by atoms with E-state index in [1.165, 1.54) is 11.0 Å². The van der Waals surface area contributed by atoms with Crippen molar-refractivity contribution in [1.29, 1.82) is 0 Å². The summed E-state index contributed by atoms with van der Waals surface area (Å²) in [4.78, 5) is 12.8. The summed E-state index contributed by atoms with van der Waals surface area (Å²) in [6.45, 7) is 0. The van der Waals surface area contributed by atoms with Crippen LogP contribution >= 0.6 is 11.6 Å². The number of nitrogen functional groups attached to an aromatic ring is 1. The third kappa shape index (κ3) is 2.66. The lowest BCUT2D eigenvalue weighted by Gasteiger charge is -2.11. The molecule has 2 aromatic carbocycles.